The zero-order chi connectivity index (χ0) is 22.3. The molecule has 2 aromatic rings. The van der Waals surface area contributed by atoms with Crippen molar-refractivity contribution in [2.45, 2.75) is 19.3 Å². The van der Waals surface area contributed by atoms with Crippen LogP contribution in [0.1, 0.15) is 51.1 Å². The largest absolute Gasteiger partial charge is 0.303 e. The summed E-state index contributed by atoms with van der Waals surface area (Å²) < 4.78 is 0. The van der Waals surface area contributed by atoms with Crippen LogP contribution in [0.15, 0.2) is 58.7 Å². The topological polar surface area (TPSA) is 91.2 Å². The van der Waals surface area contributed by atoms with Crippen molar-refractivity contribution in [1.82, 2.24) is 10.2 Å². The number of benzene rings is 2. The lowest BCUT2D eigenvalue weighted by atomic mass is 10.1. The first-order valence-electron chi connectivity index (χ1n) is 10.2. The Labute approximate surface area is 190 Å². The number of nitrogens with one attached hydrogen (secondary N) is 1. The average Bonchev–Trinajstić information content (AvgIpc) is 3.33. The van der Waals surface area contributed by atoms with Crippen LogP contribution in [0, 0.1) is 11.8 Å². The van der Waals surface area contributed by atoms with Gasteiger partial charge in [-0.25, -0.2) is 0 Å². The minimum absolute atomic E-state index is 0.0598. The van der Waals surface area contributed by atoms with Crippen molar-refractivity contribution in [3.05, 3.63) is 70.8 Å². The van der Waals surface area contributed by atoms with Crippen molar-refractivity contribution in [2.24, 2.45) is 10.2 Å². The molecule has 2 heterocycles. The van der Waals surface area contributed by atoms with Crippen molar-refractivity contribution in [2.75, 3.05) is 12.3 Å². The lowest BCUT2D eigenvalue weighted by molar-refractivity contribution is -0.116. The monoisotopic (exact) mass is 444 g/mol. The highest BCUT2D eigenvalue weighted by Crippen LogP contribution is 2.22. The summed E-state index contributed by atoms with van der Waals surface area (Å²) in [4.78, 5) is 37.1. The first-order valence-corrected chi connectivity index (χ1v) is 11.2. The van der Waals surface area contributed by atoms with Gasteiger partial charge >= 0.3 is 0 Å². The minimum atomic E-state index is -0.210. The Morgan fingerprint density at radius 3 is 2.38 bits per heavy atom. The number of hydrogen-bond donors (Lipinski definition) is 1. The van der Waals surface area contributed by atoms with Gasteiger partial charge in [-0.15, -0.1) is 5.10 Å². The number of carbonyl (C=O) groups excluding carboxylic acids is 3. The van der Waals surface area contributed by atoms with Gasteiger partial charge in [0.05, 0.1) is 23.1 Å². The molecule has 160 valence electrons. The fraction of sp³-hybridized carbons (Fsp3) is 0.208. The summed E-state index contributed by atoms with van der Waals surface area (Å²) >= 11 is 1.33. The molecule has 2 aromatic carbocycles. The molecule has 0 bridgehead atoms. The van der Waals surface area contributed by atoms with E-state index in [4.69, 9.17) is 0 Å². The third kappa shape index (κ3) is 5.13. The predicted molar refractivity (Wildman–Crippen MR) is 125 cm³/mol. The second-order valence-electron chi connectivity index (χ2n) is 7.17. The van der Waals surface area contributed by atoms with Crippen LogP contribution in [0.2, 0.25) is 0 Å². The average molecular weight is 445 g/mol. The van der Waals surface area contributed by atoms with Crippen molar-refractivity contribution in [1.29, 1.82) is 0 Å². The van der Waals surface area contributed by atoms with E-state index in [9.17, 15) is 14.4 Å². The number of hydrogen-bond acceptors (Lipinski definition) is 6. The highest BCUT2D eigenvalue weighted by molar-refractivity contribution is 8.15. The van der Waals surface area contributed by atoms with Gasteiger partial charge in [-0.05, 0) is 42.7 Å². The standard InChI is InChI=1S/C24H20N4O3S/c29-21-16-32-24(26-21)27-25-15-18-12-10-17(11-13-18)7-3-1-2-6-14-28-22(30)19-8-4-5-9-20(19)23(28)31/h4-5,8-13,15H,1-2,6,14,16H2,(H,26,27,29). The van der Waals surface area contributed by atoms with Crippen molar-refractivity contribution >= 4 is 40.9 Å². The molecule has 0 aliphatic carbocycles. The molecule has 7 nitrogen and oxygen atoms in total. The maximum atomic E-state index is 12.3. The summed E-state index contributed by atoms with van der Waals surface area (Å²) in [6.45, 7) is 0.411. The van der Waals surface area contributed by atoms with Gasteiger partial charge in [0.1, 0.15) is 0 Å². The molecule has 32 heavy (non-hydrogen) atoms. The Morgan fingerprint density at radius 1 is 1.00 bits per heavy atom. The Hall–Kier alpha value is -3.70. The lowest BCUT2D eigenvalue weighted by Gasteiger charge is -2.12. The van der Waals surface area contributed by atoms with E-state index in [0.29, 0.717) is 35.0 Å². The molecule has 0 saturated carbocycles. The molecule has 4 rings (SSSR count). The number of imide groups is 1. The van der Waals surface area contributed by atoms with E-state index < -0.39 is 0 Å². The second kappa shape index (κ2) is 10.1. The van der Waals surface area contributed by atoms with Gasteiger partial charge in [0.2, 0.25) is 5.91 Å². The molecule has 0 aromatic heterocycles. The number of amides is 3. The number of nitrogens with zero attached hydrogens (tertiary/aromatic N) is 3. The van der Waals surface area contributed by atoms with Gasteiger partial charge in [-0.1, -0.05) is 47.9 Å². The Kier molecular flexibility index (Phi) is 6.78. The fourth-order valence-electron chi connectivity index (χ4n) is 3.27. The number of rotatable bonds is 6. The Bertz CT molecular complexity index is 1140. The number of amidine groups is 1. The highest BCUT2D eigenvalue weighted by Gasteiger charge is 2.34. The maximum absolute atomic E-state index is 12.3. The van der Waals surface area contributed by atoms with E-state index in [2.05, 4.69) is 27.4 Å². The van der Waals surface area contributed by atoms with E-state index >= 15 is 0 Å². The summed E-state index contributed by atoms with van der Waals surface area (Å²) in [6, 6.07) is 14.5. The van der Waals surface area contributed by atoms with Crippen LogP contribution in [-0.4, -0.2) is 46.3 Å². The number of carbonyl (C=O) groups is 3. The van der Waals surface area contributed by atoms with Crippen molar-refractivity contribution in [3.8, 4) is 11.8 Å². The molecular weight excluding hydrogens is 424 g/mol. The summed E-state index contributed by atoms with van der Waals surface area (Å²) in [6.07, 6.45) is 3.83. The lowest BCUT2D eigenvalue weighted by Crippen LogP contribution is -2.30. The van der Waals surface area contributed by atoms with Crippen LogP contribution in [0.3, 0.4) is 0 Å². The Balaban J connectivity index is 1.20. The molecule has 0 radical (unpaired) electrons. The zero-order valence-electron chi connectivity index (χ0n) is 17.2. The quantitative estimate of drug-likeness (QED) is 0.244. The van der Waals surface area contributed by atoms with Crippen LogP contribution in [-0.2, 0) is 4.79 Å². The second-order valence-corrected chi connectivity index (χ2v) is 8.14. The Morgan fingerprint density at radius 2 is 1.72 bits per heavy atom. The van der Waals surface area contributed by atoms with Crippen LogP contribution in [0.5, 0.6) is 0 Å². The van der Waals surface area contributed by atoms with Crippen LogP contribution in [0.4, 0.5) is 0 Å². The molecule has 0 spiro atoms. The summed E-state index contributed by atoms with van der Waals surface area (Å²) in [5.41, 5.74) is 2.76. The third-order valence-electron chi connectivity index (χ3n) is 4.90. The van der Waals surface area contributed by atoms with E-state index in [-0.39, 0.29) is 17.7 Å². The molecule has 2 aliphatic heterocycles. The van der Waals surface area contributed by atoms with Gasteiger partial charge in [0.15, 0.2) is 5.17 Å². The molecule has 0 atom stereocenters. The van der Waals surface area contributed by atoms with Crippen LogP contribution < -0.4 is 5.32 Å². The first kappa shape index (κ1) is 21.5. The minimum Gasteiger partial charge on any atom is -0.303 e. The molecule has 1 fully saturated rings. The molecule has 1 N–H and O–H groups in total. The van der Waals surface area contributed by atoms with Gasteiger partial charge in [-0.2, -0.15) is 5.10 Å². The fourth-order valence-corrected chi connectivity index (χ4v) is 3.90. The van der Waals surface area contributed by atoms with Gasteiger partial charge in [0, 0.05) is 18.5 Å². The summed E-state index contributed by atoms with van der Waals surface area (Å²) in [5.74, 6) is 6.15. The highest BCUT2D eigenvalue weighted by atomic mass is 32.2. The third-order valence-corrected chi connectivity index (χ3v) is 5.76. The predicted octanol–water partition coefficient (Wildman–Crippen LogP) is 3.06. The van der Waals surface area contributed by atoms with E-state index in [1.54, 1.807) is 30.5 Å². The molecule has 3 amide bonds. The maximum Gasteiger partial charge on any atom is 0.261 e. The van der Waals surface area contributed by atoms with Gasteiger partial charge < -0.3 is 5.32 Å². The summed E-state index contributed by atoms with van der Waals surface area (Å²) in [7, 11) is 0. The number of fused-ring (bicyclic) bond motifs is 1. The normalized spacial score (nSPS) is 16.4. The SMILES string of the molecule is O=C1CSC(=NN=Cc2ccc(C#CCCCCN3C(=O)c4ccccc4C3=O)cc2)N1. The zero-order valence-corrected chi connectivity index (χ0v) is 18.0. The molecular formula is C24H20N4O3S. The number of unbranched alkanes of at least 4 members (excludes halogenated alkanes) is 2. The van der Waals surface area contributed by atoms with Gasteiger partial charge in [-0.3, -0.25) is 19.3 Å². The van der Waals surface area contributed by atoms with Crippen molar-refractivity contribution < 1.29 is 14.4 Å². The number of thioether (sulfide) groups is 1. The van der Waals surface area contributed by atoms with E-state index in [1.165, 1.54) is 16.7 Å². The molecule has 1 saturated heterocycles. The van der Waals surface area contributed by atoms with E-state index in [0.717, 1.165) is 24.0 Å². The van der Waals surface area contributed by atoms with Crippen LogP contribution >= 0.6 is 11.8 Å². The van der Waals surface area contributed by atoms with Gasteiger partial charge in [0.25, 0.3) is 11.8 Å². The molecule has 0 unspecified atom stereocenters. The van der Waals surface area contributed by atoms with Crippen LogP contribution in [0.25, 0.3) is 0 Å². The smallest absolute Gasteiger partial charge is 0.261 e. The molecule has 2 aliphatic rings. The van der Waals surface area contributed by atoms with E-state index in [1.807, 2.05) is 24.3 Å². The summed E-state index contributed by atoms with van der Waals surface area (Å²) in [5, 5.41) is 11.1. The first-order chi connectivity index (χ1) is 15.6. The van der Waals surface area contributed by atoms with Crippen molar-refractivity contribution in [3.63, 3.8) is 0 Å². The molecule has 8 heteroatoms.